The smallest absolute Gasteiger partial charge is 0.407 e. The molecule has 0 unspecified atom stereocenters. The van der Waals surface area contributed by atoms with Crippen molar-refractivity contribution in [2.45, 2.75) is 39.8 Å². The summed E-state index contributed by atoms with van der Waals surface area (Å²) in [6, 6.07) is 7.08. The molecule has 1 aromatic rings. The van der Waals surface area contributed by atoms with Crippen LogP contribution in [0.1, 0.15) is 38.8 Å². The molecular weight excluding hydrogens is 268 g/mol. The van der Waals surface area contributed by atoms with Crippen molar-refractivity contribution in [3.63, 3.8) is 0 Å². The molecule has 5 heteroatoms. The first-order valence-corrected chi connectivity index (χ1v) is 6.69. The summed E-state index contributed by atoms with van der Waals surface area (Å²) >= 11 is 0. The Kier molecular flexibility index (Phi) is 5.52. The Morgan fingerprint density at radius 2 is 1.90 bits per heavy atom. The number of benzene rings is 1. The Morgan fingerprint density at radius 3 is 2.38 bits per heavy atom. The molecule has 0 aliphatic rings. The van der Waals surface area contributed by atoms with Crippen molar-refractivity contribution in [2.24, 2.45) is 0 Å². The predicted octanol–water partition coefficient (Wildman–Crippen LogP) is 3.65. The molecule has 5 nitrogen and oxygen atoms in total. The van der Waals surface area contributed by atoms with Crippen molar-refractivity contribution in [3.05, 3.63) is 41.5 Å². The molecule has 0 saturated carbocycles. The summed E-state index contributed by atoms with van der Waals surface area (Å²) in [5.74, 6) is 0.0501. The molecule has 21 heavy (non-hydrogen) atoms. The van der Waals surface area contributed by atoms with Gasteiger partial charge in [-0.15, -0.1) is 0 Å². The van der Waals surface area contributed by atoms with Gasteiger partial charge in [-0.1, -0.05) is 24.3 Å². The van der Waals surface area contributed by atoms with Gasteiger partial charge in [-0.25, -0.2) is 4.79 Å². The monoisotopic (exact) mass is 290 g/mol. The van der Waals surface area contributed by atoms with Crippen LogP contribution in [0.3, 0.4) is 0 Å². The van der Waals surface area contributed by atoms with Crippen molar-refractivity contribution in [1.29, 1.82) is 5.41 Å². The van der Waals surface area contributed by atoms with Crippen LogP contribution < -0.4 is 5.32 Å². The molecule has 0 aliphatic carbocycles. The van der Waals surface area contributed by atoms with Crippen LogP contribution in [-0.2, 0) is 11.3 Å². The van der Waals surface area contributed by atoms with Crippen molar-refractivity contribution >= 4 is 17.6 Å². The number of hydrogen-bond donors (Lipinski definition) is 3. The molecule has 0 heterocycles. The molecule has 0 fully saturated rings. The van der Waals surface area contributed by atoms with Gasteiger partial charge in [0.2, 0.25) is 0 Å². The number of allylic oxidation sites excluding steroid dienone is 1. The molecule has 0 radical (unpaired) electrons. The summed E-state index contributed by atoms with van der Waals surface area (Å²) < 4.78 is 5.14. The first-order valence-electron chi connectivity index (χ1n) is 6.69. The minimum Gasteiger partial charge on any atom is -0.507 e. The molecule has 3 N–H and O–H groups in total. The Morgan fingerprint density at radius 1 is 1.33 bits per heavy atom. The lowest BCUT2D eigenvalue weighted by atomic mass is 10.1. The Labute approximate surface area is 125 Å². The van der Waals surface area contributed by atoms with Gasteiger partial charge >= 0.3 is 6.09 Å². The van der Waals surface area contributed by atoms with Crippen LogP contribution in [0.25, 0.3) is 5.76 Å². The van der Waals surface area contributed by atoms with E-state index < -0.39 is 11.7 Å². The Balaban J connectivity index is 2.60. The van der Waals surface area contributed by atoms with Crippen LogP contribution in [0.15, 0.2) is 30.3 Å². The van der Waals surface area contributed by atoms with Crippen molar-refractivity contribution < 1.29 is 14.6 Å². The SMILES string of the molecule is CC(=N)/C=C(\O)c1ccc(CNC(=O)OC(C)(C)C)cc1. The van der Waals surface area contributed by atoms with Crippen LogP contribution in [0.5, 0.6) is 0 Å². The second kappa shape index (κ2) is 6.92. The van der Waals surface area contributed by atoms with Gasteiger partial charge in [0, 0.05) is 23.9 Å². The van der Waals surface area contributed by atoms with Gasteiger partial charge in [-0.05, 0) is 33.3 Å². The van der Waals surface area contributed by atoms with E-state index in [0.717, 1.165) is 5.56 Å². The fourth-order valence-electron chi connectivity index (χ4n) is 1.57. The summed E-state index contributed by atoms with van der Waals surface area (Å²) in [4.78, 5) is 11.5. The third-order valence-corrected chi connectivity index (χ3v) is 2.44. The van der Waals surface area contributed by atoms with Crippen LogP contribution in [0.2, 0.25) is 0 Å². The van der Waals surface area contributed by atoms with Crippen LogP contribution >= 0.6 is 0 Å². The minimum atomic E-state index is -0.519. The molecule has 0 bridgehead atoms. The van der Waals surface area contributed by atoms with E-state index in [-0.39, 0.29) is 11.5 Å². The molecule has 0 aromatic heterocycles. The lowest BCUT2D eigenvalue weighted by Gasteiger charge is -2.19. The van der Waals surface area contributed by atoms with Crippen LogP contribution in [-0.4, -0.2) is 22.5 Å². The molecule has 114 valence electrons. The maximum atomic E-state index is 11.5. The molecule has 0 atom stereocenters. The number of carbonyl (C=O) groups excluding carboxylic acids is 1. The number of nitrogens with one attached hydrogen (secondary N) is 2. The molecular formula is C16H22N2O3. The minimum absolute atomic E-state index is 0.0501. The lowest BCUT2D eigenvalue weighted by molar-refractivity contribution is 0.0523. The average Bonchev–Trinajstić information content (AvgIpc) is 2.34. The van der Waals surface area contributed by atoms with E-state index in [9.17, 15) is 9.90 Å². The maximum Gasteiger partial charge on any atom is 0.407 e. The molecule has 1 amide bonds. The zero-order valence-electron chi connectivity index (χ0n) is 12.9. The standard InChI is InChI=1S/C16H22N2O3/c1-11(17)9-14(19)13-7-5-12(6-8-13)10-18-15(20)21-16(2,3)4/h5-9,17,19H,10H2,1-4H3,(H,18,20)/b14-9-,17-11?. The van der Waals surface area contributed by atoms with Gasteiger partial charge in [-0.3, -0.25) is 0 Å². The topological polar surface area (TPSA) is 82.4 Å². The molecule has 1 aromatic carbocycles. The van der Waals surface area contributed by atoms with Gasteiger partial charge in [-0.2, -0.15) is 0 Å². The van der Waals surface area contributed by atoms with E-state index in [1.807, 2.05) is 20.8 Å². The van der Waals surface area contributed by atoms with E-state index in [1.54, 1.807) is 31.2 Å². The highest BCUT2D eigenvalue weighted by Crippen LogP contribution is 2.13. The normalized spacial score (nSPS) is 11.9. The van der Waals surface area contributed by atoms with Crippen molar-refractivity contribution in [1.82, 2.24) is 5.32 Å². The van der Waals surface area contributed by atoms with Crippen molar-refractivity contribution in [3.8, 4) is 0 Å². The van der Waals surface area contributed by atoms with E-state index >= 15 is 0 Å². The molecule has 0 spiro atoms. The quantitative estimate of drug-likeness (QED) is 0.584. The van der Waals surface area contributed by atoms with E-state index in [2.05, 4.69) is 5.32 Å². The summed E-state index contributed by atoms with van der Waals surface area (Å²) in [5, 5.41) is 19.7. The second-order valence-electron chi connectivity index (χ2n) is 5.76. The first-order chi connectivity index (χ1) is 9.67. The van der Waals surface area contributed by atoms with E-state index in [1.165, 1.54) is 6.08 Å². The van der Waals surface area contributed by atoms with Crippen molar-refractivity contribution in [2.75, 3.05) is 0 Å². The average molecular weight is 290 g/mol. The highest BCUT2D eigenvalue weighted by Gasteiger charge is 2.15. The van der Waals surface area contributed by atoms with Gasteiger partial charge in [0.25, 0.3) is 0 Å². The number of ether oxygens (including phenoxy) is 1. The van der Waals surface area contributed by atoms with Gasteiger partial charge < -0.3 is 20.6 Å². The van der Waals surface area contributed by atoms with Gasteiger partial charge in [0.05, 0.1) is 0 Å². The number of alkyl carbamates (subject to hydrolysis) is 1. The Bertz CT molecular complexity index is 540. The fourth-order valence-corrected chi connectivity index (χ4v) is 1.57. The molecule has 0 aliphatic heterocycles. The lowest BCUT2D eigenvalue weighted by Crippen LogP contribution is -2.32. The van der Waals surface area contributed by atoms with Gasteiger partial charge in [0.15, 0.2) is 0 Å². The summed E-state index contributed by atoms with van der Waals surface area (Å²) in [5.41, 5.74) is 1.28. The van der Waals surface area contributed by atoms with E-state index in [0.29, 0.717) is 12.1 Å². The van der Waals surface area contributed by atoms with Crippen LogP contribution in [0, 0.1) is 5.41 Å². The number of aliphatic hydroxyl groups excluding tert-OH is 1. The third-order valence-electron chi connectivity index (χ3n) is 2.44. The number of hydrogen-bond acceptors (Lipinski definition) is 4. The third kappa shape index (κ3) is 6.61. The highest BCUT2D eigenvalue weighted by molar-refractivity contribution is 5.95. The Hall–Kier alpha value is -2.30. The number of aliphatic hydroxyl groups is 1. The largest absolute Gasteiger partial charge is 0.507 e. The molecule has 0 saturated heterocycles. The summed E-state index contributed by atoms with van der Waals surface area (Å²) in [7, 11) is 0. The van der Waals surface area contributed by atoms with Gasteiger partial charge in [0.1, 0.15) is 11.4 Å². The van der Waals surface area contributed by atoms with E-state index in [4.69, 9.17) is 10.1 Å². The number of carbonyl (C=O) groups is 1. The number of amides is 1. The maximum absolute atomic E-state index is 11.5. The summed E-state index contributed by atoms with van der Waals surface area (Å²) in [6.45, 7) is 7.37. The highest BCUT2D eigenvalue weighted by atomic mass is 16.6. The number of rotatable bonds is 4. The zero-order chi connectivity index (χ0) is 16.0. The fraction of sp³-hybridized carbons (Fsp3) is 0.375. The second-order valence-corrected chi connectivity index (χ2v) is 5.76. The first kappa shape index (κ1) is 16.8. The molecule has 1 rings (SSSR count). The zero-order valence-corrected chi connectivity index (χ0v) is 12.9. The summed E-state index contributed by atoms with van der Waals surface area (Å²) in [6.07, 6.45) is 0.919. The predicted molar refractivity (Wildman–Crippen MR) is 83.5 cm³/mol. The van der Waals surface area contributed by atoms with Crippen LogP contribution in [0.4, 0.5) is 4.79 Å².